The first-order valence-corrected chi connectivity index (χ1v) is 36.3. The molecular formula is C69H102N6O20S2. The fraction of sp³-hybridized carbons (Fsp3) is 0.696. The number of carbonyl (C=O) groups excluding carboxylic acids is 7. The highest BCUT2D eigenvalue weighted by atomic mass is 33.1. The van der Waals surface area contributed by atoms with Crippen LogP contribution in [0.1, 0.15) is 88.6 Å². The van der Waals surface area contributed by atoms with Crippen LogP contribution in [0.5, 0.6) is 5.75 Å². The highest BCUT2D eigenvalue weighted by Crippen LogP contribution is 2.67. The van der Waals surface area contributed by atoms with Gasteiger partial charge in [-0.05, 0) is 88.1 Å². The maximum Gasteiger partial charge on any atom is 0.407 e. The van der Waals surface area contributed by atoms with Crippen LogP contribution < -0.4 is 20.3 Å². The molecule has 10 atom stereocenters. The molecule has 1 aliphatic carbocycles. The Kier molecular flexibility index (Phi) is 31.8. The number of nitrogens with zero attached hydrogens (tertiary/aromatic N) is 3. The number of aromatic nitrogens is 1. The van der Waals surface area contributed by atoms with E-state index in [9.17, 15) is 24.9 Å². The van der Waals surface area contributed by atoms with E-state index in [0.717, 1.165) is 54.0 Å². The molecule has 28 heteroatoms. The molecule has 5 aliphatic heterocycles. The molecule has 3 fully saturated rings. The lowest BCUT2D eigenvalue weighted by Gasteiger charge is -2.63. The summed E-state index contributed by atoms with van der Waals surface area (Å²) in [5.41, 5.74) is 0.682. The monoisotopic (exact) mass is 1400 g/mol. The maximum absolute atomic E-state index is 15.2. The van der Waals surface area contributed by atoms with Gasteiger partial charge in [0.05, 0.1) is 124 Å². The molecule has 26 nitrogen and oxygen atoms in total. The number of H-pyrrole nitrogens is 1. The van der Waals surface area contributed by atoms with Crippen molar-refractivity contribution in [3.63, 3.8) is 0 Å². The average Bonchev–Trinajstić information content (AvgIpc) is 1.50. The van der Waals surface area contributed by atoms with Crippen LogP contribution in [0.15, 0.2) is 48.6 Å². The zero-order chi connectivity index (χ0) is 69.9. The van der Waals surface area contributed by atoms with Gasteiger partial charge in [-0.1, -0.05) is 65.8 Å². The van der Waals surface area contributed by atoms with E-state index in [1.54, 1.807) is 7.11 Å². The molecule has 6 heterocycles. The van der Waals surface area contributed by atoms with E-state index >= 15 is 4.79 Å². The third-order valence-electron chi connectivity index (χ3n) is 19.8. The minimum Gasteiger partial charge on any atom is -0.496 e. The fourth-order valence-electron chi connectivity index (χ4n) is 15.8. The molecule has 2 bridgehead atoms. The third-order valence-corrected chi connectivity index (χ3v) is 22.2. The lowest BCUT2D eigenvalue weighted by molar-refractivity contribution is -0.201. The number of aliphatic hydroxyl groups is 3. The molecule has 1 unspecified atom stereocenters. The Morgan fingerprint density at radius 1 is 0.732 bits per heavy atom. The molecule has 1 spiro atoms. The van der Waals surface area contributed by atoms with Crippen LogP contribution in [0.3, 0.4) is 0 Å². The summed E-state index contributed by atoms with van der Waals surface area (Å²) in [4.78, 5) is 84.2. The summed E-state index contributed by atoms with van der Waals surface area (Å²) >= 11 is 0. The zero-order valence-corrected chi connectivity index (χ0v) is 58.8. The molecule has 3 aromatic rings. The third kappa shape index (κ3) is 19.2. The predicted molar refractivity (Wildman–Crippen MR) is 362 cm³/mol. The smallest absolute Gasteiger partial charge is 0.407 e. The van der Waals surface area contributed by atoms with E-state index in [2.05, 4.69) is 81.7 Å². The Labute approximate surface area is 576 Å². The topological polar surface area (TPSA) is 322 Å². The number of alkyl carbamates (subject to hydrolysis) is 1. The van der Waals surface area contributed by atoms with E-state index in [0.29, 0.717) is 168 Å². The number of aromatic amines is 1. The molecule has 9 rings (SSSR count). The lowest BCUT2D eigenvalue weighted by Crippen LogP contribution is -2.81. The van der Waals surface area contributed by atoms with E-state index in [1.165, 1.54) is 32.5 Å². The molecule has 97 heavy (non-hydrogen) atoms. The largest absolute Gasteiger partial charge is 0.496 e. The van der Waals surface area contributed by atoms with Gasteiger partial charge in [-0.15, -0.1) is 0 Å². The lowest BCUT2D eigenvalue weighted by atomic mass is 9.47. The van der Waals surface area contributed by atoms with Gasteiger partial charge in [0.2, 0.25) is 5.91 Å². The molecule has 2 saturated heterocycles. The number of likely N-dealkylation sites (N-methyl/N-ethyl adjacent to an activating group) is 1. The number of piperidine rings is 1. The number of carbonyl (C=O) groups is 3. The van der Waals surface area contributed by atoms with Crippen LogP contribution in [0.4, 0.5) is 10.5 Å². The number of para-hydroxylation sites is 1. The number of aliphatic hydroxyl groups excluding tert-OH is 1. The molecule has 2 amide bonds. The van der Waals surface area contributed by atoms with Crippen LogP contribution in [0.25, 0.3) is 10.9 Å². The number of fused-ring (bicyclic) bond motifs is 6. The van der Waals surface area contributed by atoms with Crippen molar-refractivity contribution < 1.29 is 96.2 Å². The number of benzene rings is 2. The van der Waals surface area contributed by atoms with E-state index in [1.807, 2.05) is 31.9 Å². The van der Waals surface area contributed by atoms with Crippen molar-refractivity contribution in [2.75, 3.05) is 189 Å². The van der Waals surface area contributed by atoms with E-state index in [4.69, 9.17) is 66.5 Å². The normalized spacial score (nSPS) is 26.6. The molecule has 0 radical (unpaired) electrons. The van der Waals surface area contributed by atoms with Crippen LogP contribution in [0, 0.1) is 11.3 Å². The molecule has 1 saturated carbocycles. The summed E-state index contributed by atoms with van der Waals surface area (Å²) in [6, 6.07) is 11.7. The minimum absolute atomic E-state index is 0.0645. The van der Waals surface area contributed by atoms with Crippen molar-refractivity contribution in [1.82, 2.24) is 25.4 Å². The number of Topliss-reactive ketones (excluding diaryl/α,β-unsaturated/α-hetero) is 1. The number of nitrogens with one attached hydrogen (secondary N) is 3. The Morgan fingerprint density at radius 3 is 1.93 bits per heavy atom. The van der Waals surface area contributed by atoms with Gasteiger partial charge in [0.25, 0.3) is 0 Å². The van der Waals surface area contributed by atoms with Gasteiger partial charge in [0.1, 0.15) is 18.5 Å². The van der Waals surface area contributed by atoms with Crippen molar-refractivity contribution in [1.29, 1.82) is 0 Å². The summed E-state index contributed by atoms with van der Waals surface area (Å²) in [5, 5.41) is 45.3. The van der Waals surface area contributed by atoms with E-state index in [-0.39, 0.29) is 49.8 Å². The Morgan fingerprint density at radius 2 is 1.33 bits per heavy atom. The molecule has 1 aromatic heterocycles. The SMILES string of the molecule is CCOCCOCCOCCOCCOCCOCCOCCOCCC(=O)NCCSSCCOC(=O)NCC(=O)[C@@]1(O)[C@H](O)[C@]2(CC)C=CCN3CC[C@@]4(c5cc([C@@]6(C)C[C@@H]7CN(CCc8c6[nH]c6ccccc86)C[C@](O)(CC)C7)c(OC)cc5N(C)[C@@H]14)[C@@H]32.O=C=O.O=C=O. The van der Waals surface area contributed by atoms with Gasteiger partial charge >= 0.3 is 18.4 Å². The first kappa shape index (κ1) is 79.0. The minimum atomic E-state index is -2.34. The zero-order valence-electron chi connectivity index (χ0n) is 57.2. The Hall–Kier alpha value is -5.33. The van der Waals surface area contributed by atoms with Crippen molar-refractivity contribution >= 4 is 68.3 Å². The van der Waals surface area contributed by atoms with Crippen LogP contribution >= 0.6 is 21.6 Å². The number of anilines is 1. The van der Waals surface area contributed by atoms with Crippen LogP contribution in [-0.2, 0) is 88.6 Å². The summed E-state index contributed by atoms with van der Waals surface area (Å²) < 4.78 is 55.7. The first-order valence-electron chi connectivity index (χ1n) is 33.9. The summed E-state index contributed by atoms with van der Waals surface area (Å²) in [7, 11) is 6.64. The van der Waals surface area contributed by atoms with Gasteiger partial charge in [0, 0.05) is 121 Å². The quantitative estimate of drug-likeness (QED) is 0.0264. The van der Waals surface area contributed by atoms with Gasteiger partial charge in [0.15, 0.2) is 11.4 Å². The second kappa shape index (κ2) is 39.0. The molecule has 6 aliphatic rings. The maximum atomic E-state index is 15.2. The second-order valence-corrected chi connectivity index (χ2v) is 28.1. The van der Waals surface area contributed by atoms with Crippen molar-refractivity contribution in [2.45, 2.75) is 113 Å². The number of rotatable bonds is 39. The number of hydrogen-bond acceptors (Lipinski definition) is 25. The van der Waals surface area contributed by atoms with Crippen molar-refractivity contribution in [3.05, 3.63) is 70.9 Å². The highest BCUT2D eigenvalue weighted by molar-refractivity contribution is 8.76. The summed E-state index contributed by atoms with van der Waals surface area (Å²) in [5.74, 6) is 1.14. The average molecular weight is 1400 g/mol. The van der Waals surface area contributed by atoms with Gasteiger partial charge in [-0.25, -0.2) is 4.79 Å². The Balaban J connectivity index is 0.00000213. The van der Waals surface area contributed by atoms with Gasteiger partial charge < -0.3 is 83.2 Å². The second-order valence-electron chi connectivity index (χ2n) is 25.4. The number of methoxy groups -OCH3 is 1. The van der Waals surface area contributed by atoms with Crippen molar-refractivity contribution in [3.8, 4) is 5.75 Å². The predicted octanol–water partition coefficient (Wildman–Crippen LogP) is 4.26. The number of ketones is 1. The number of ether oxygens (including phenoxy) is 10. The molecule has 2 aromatic carbocycles. The summed E-state index contributed by atoms with van der Waals surface area (Å²) in [6.45, 7) is 19.7. The van der Waals surface area contributed by atoms with Gasteiger partial charge in [-0.3, -0.25) is 19.4 Å². The Bertz CT molecular complexity index is 3070. The number of hydrogen-bond donors (Lipinski definition) is 6. The standard InChI is InChI=1S/C67H102N6O16S2.2CO2/c1-7-64(78)44-48-43-63(4,58-50(15-21-72(46-48)47-64)49-13-10-11-14-53(49)70-58)52-41-51-54(42-55(52)80-6)71(5)60-66(51)18-22-73-20-12-17-65(8-2,59(66)73)61(76)67(60,79)56(74)45-69-62(77)89-38-40-91-90-39-19-68-57(75)16-23-82-26-27-84-30-31-86-34-35-88-37-36-87-33-32-85-29-28-83-25-24-81-9-3;2*2-1-3/h10-14,17,41-42,48,59-61,70,76,78-79H,7-9,15-16,18-40,43-47H2,1-6H3,(H,68,75)(H,69,77);;/t48-,59-,60+,61+,63+,64-,65+,66+,67-;;/m0../s1. The van der Waals surface area contributed by atoms with Crippen LogP contribution in [0.2, 0.25) is 0 Å². The highest BCUT2D eigenvalue weighted by Gasteiger charge is 2.78. The summed E-state index contributed by atoms with van der Waals surface area (Å²) in [6.07, 6.45) is 6.50. The fourth-order valence-corrected chi connectivity index (χ4v) is 17.5. The van der Waals surface area contributed by atoms with Crippen LogP contribution in [-0.4, -0.2) is 273 Å². The van der Waals surface area contributed by atoms with E-state index < -0.39 is 58.0 Å². The molecule has 540 valence electrons. The van der Waals surface area contributed by atoms with Crippen molar-refractivity contribution in [2.24, 2.45) is 11.3 Å². The molecule has 6 N–H and O–H groups in total. The molecular weight excluding hydrogens is 1300 g/mol. The number of amides is 2. The first-order chi connectivity index (χ1) is 47.0. The van der Waals surface area contributed by atoms with Gasteiger partial charge in [-0.2, -0.15) is 19.2 Å².